The van der Waals surface area contributed by atoms with Crippen molar-refractivity contribution in [2.45, 2.75) is 13.1 Å². The van der Waals surface area contributed by atoms with E-state index in [0.717, 1.165) is 11.1 Å². The smallest absolute Gasteiger partial charge is 0.422 e. The minimum atomic E-state index is -4.60. The second-order valence-electron chi connectivity index (χ2n) is 6.08. The fraction of sp³-hybridized carbons (Fsp3) is 0.278. The first-order valence-corrected chi connectivity index (χ1v) is 9.72. The van der Waals surface area contributed by atoms with E-state index in [1.807, 2.05) is 12.1 Å². The zero-order valence-corrected chi connectivity index (χ0v) is 14.7. The second-order valence-corrected chi connectivity index (χ2v) is 8.46. The molecule has 0 saturated carbocycles. The fourth-order valence-corrected chi connectivity index (χ4v) is 5.43. The summed E-state index contributed by atoms with van der Waals surface area (Å²) >= 11 is 0. The van der Waals surface area contributed by atoms with E-state index in [4.69, 9.17) is 4.52 Å². The predicted octanol–water partition coefficient (Wildman–Crippen LogP) is 4.39. The van der Waals surface area contributed by atoms with Crippen molar-refractivity contribution in [1.82, 2.24) is 0 Å². The summed E-state index contributed by atoms with van der Waals surface area (Å²) in [5.41, 5.74) is 1.51. The maximum Gasteiger partial charge on any atom is 0.422 e. The van der Waals surface area contributed by atoms with Gasteiger partial charge in [-0.2, -0.15) is 13.2 Å². The van der Waals surface area contributed by atoms with E-state index in [1.165, 1.54) is 6.92 Å². The molecule has 1 aliphatic heterocycles. The zero-order chi connectivity index (χ0) is 18.9. The molecule has 138 valence electrons. The number of hydrogen-bond donors (Lipinski definition) is 0. The van der Waals surface area contributed by atoms with Gasteiger partial charge in [0.15, 0.2) is 6.61 Å². The van der Waals surface area contributed by atoms with Crippen molar-refractivity contribution in [1.29, 1.82) is 0 Å². The molecule has 0 amide bonds. The van der Waals surface area contributed by atoms with Crippen LogP contribution in [0.25, 0.3) is 11.1 Å². The Bertz CT molecular complexity index is 879. The number of carbonyl (C=O) groups is 1. The molecule has 0 aromatic heterocycles. The number of alkyl halides is 3. The third-order valence-corrected chi connectivity index (χ3v) is 6.63. The van der Waals surface area contributed by atoms with Crippen molar-refractivity contribution in [2.24, 2.45) is 5.92 Å². The zero-order valence-electron chi connectivity index (χ0n) is 13.8. The molecule has 2 unspecified atom stereocenters. The Kier molecular flexibility index (Phi) is 4.84. The third-order valence-electron chi connectivity index (χ3n) is 3.99. The highest BCUT2D eigenvalue weighted by atomic mass is 31.2. The number of esters is 1. The quantitative estimate of drug-likeness (QED) is 0.580. The molecule has 2 aromatic rings. The van der Waals surface area contributed by atoms with E-state index in [2.05, 4.69) is 4.74 Å². The molecule has 0 radical (unpaired) electrons. The van der Waals surface area contributed by atoms with Crippen molar-refractivity contribution >= 4 is 18.6 Å². The Morgan fingerprint density at radius 2 is 1.73 bits per heavy atom. The van der Waals surface area contributed by atoms with Crippen LogP contribution in [0.1, 0.15) is 6.92 Å². The van der Waals surface area contributed by atoms with Gasteiger partial charge in [0.2, 0.25) is 0 Å². The largest absolute Gasteiger partial charge is 0.456 e. The number of ether oxygens (including phenoxy) is 1. The molecule has 0 spiro atoms. The summed E-state index contributed by atoms with van der Waals surface area (Å²) in [5, 5.41) is 0.453. The SMILES string of the molecule is CC(CP1(=O)Oc2ccccc2-c2ccccc21)C(=O)OCC(F)(F)F. The van der Waals surface area contributed by atoms with Gasteiger partial charge in [-0.05, 0) is 17.7 Å². The monoisotopic (exact) mass is 384 g/mol. The normalized spacial score (nSPS) is 19.7. The summed E-state index contributed by atoms with van der Waals surface area (Å²) in [4.78, 5) is 11.9. The van der Waals surface area contributed by atoms with E-state index in [1.54, 1.807) is 36.4 Å². The first-order chi connectivity index (χ1) is 12.2. The summed E-state index contributed by atoms with van der Waals surface area (Å²) in [6.45, 7) is -0.286. The topological polar surface area (TPSA) is 52.6 Å². The van der Waals surface area contributed by atoms with E-state index in [9.17, 15) is 22.5 Å². The van der Waals surface area contributed by atoms with Gasteiger partial charge >= 0.3 is 12.1 Å². The van der Waals surface area contributed by atoms with Gasteiger partial charge in [-0.3, -0.25) is 9.36 Å². The van der Waals surface area contributed by atoms with Gasteiger partial charge in [0.25, 0.3) is 7.37 Å². The van der Waals surface area contributed by atoms with E-state index in [0.29, 0.717) is 11.1 Å². The minimum Gasteiger partial charge on any atom is -0.456 e. The van der Waals surface area contributed by atoms with Gasteiger partial charge in [0, 0.05) is 5.56 Å². The van der Waals surface area contributed by atoms with Crippen LogP contribution >= 0.6 is 7.37 Å². The molecule has 0 aliphatic carbocycles. The lowest BCUT2D eigenvalue weighted by molar-refractivity contribution is -0.188. The molecule has 1 heterocycles. The van der Waals surface area contributed by atoms with Crippen molar-refractivity contribution in [3.8, 4) is 16.9 Å². The van der Waals surface area contributed by atoms with Crippen molar-refractivity contribution in [3.63, 3.8) is 0 Å². The number of benzene rings is 2. The molecule has 2 atom stereocenters. The average molecular weight is 384 g/mol. The summed E-state index contributed by atoms with van der Waals surface area (Å²) in [6.07, 6.45) is -4.85. The van der Waals surface area contributed by atoms with Gasteiger partial charge in [-0.25, -0.2) is 0 Å². The van der Waals surface area contributed by atoms with Crippen molar-refractivity contribution in [2.75, 3.05) is 12.8 Å². The van der Waals surface area contributed by atoms with E-state index in [-0.39, 0.29) is 6.16 Å². The molecule has 8 heteroatoms. The first kappa shape index (κ1) is 18.5. The molecular formula is C18H16F3O4P. The number of para-hydroxylation sites is 1. The van der Waals surface area contributed by atoms with E-state index >= 15 is 0 Å². The molecular weight excluding hydrogens is 368 g/mol. The van der Waals surface area contributed by atoms with Gasteiger partial charge in [0.1, 0.15) is 5.75 Å². The Balaban J connectivity index is 1.86. The van der Waals surface area contributed by atoms with Gasteiger partial charge in [-0.1, -0.05) is 43.3 Å². The maximum atomic E-state index is 13.5. The highest BCUT2D eigenvalue weighted by Crippen LogP contribution is 2.55. The molecule has 0 bridgehead atoms. The molecule has 0 saturated heterocycles. The number of rotatable bonds is 4. The van der Waals surface area contributed by atoms with Crippen LogP contribution in [0, 0.1) is 5.92 Å². The highest BCUT2D eigenvalue weighted by molar-refractivity contribution is 7.67. The van der Waals surface area contributed by atoms with Crippen molar-refractivity contribution < 1.29 is 31.8 Å². The minimum absolute atomic E-state index is 0.241. The van der Waals surface area contributed by atoms with Crippen LogP contribution in [0.5, 0.6) is 5.75 Å². The standard InChI is InChI=1S/C18H16F3O4P/c1-12(17(22)24-11-18(19,20)21)10-26(23)16-9-5-3-7-14(16)13-6-2-4-8-15(13)25-26/h2-9,12H,10-11H2,1H3. The average Bonchev–Trinajstić information content (AvgIpc) is 2.59. The van der Waals surface area contributed by atoms with Crippen molar-refractivity contribution in [3.05, 3.63) is 48.5 Å². The maximum absolute atomic E-state index is 13.5. The van der Waals surface area contributed by atoms with Crippen LogP contribution in [-0.2, 0) is 14.1 Å². The Morgan fingerprint density at radius 1 is 1.12 bits per heavy atom. The number of hydrogen-bond acceptors (Lipinski definition) is 4. The molecule has 4 nitrogen and oxygen atoms in total. The van der Waals surface area contributed by atoms with Gasteiger partial charge in [-0.15, -0.1) is 0 Å². The molecule has 1 aliphatic rings. The second kappa shape index (κ2) is 6.80. The van der Waals surface area contributed by atoms with Crippen LogP contribution in [0.15, 0.2) is 48.5 Å². The number of halogens is 3. The molecule has 2 aromatic carbocycles. The van der Waals surface area contributed by atoms with Crippen LogP contribution in [0.2, 0.25) is 0 Å². The summed E-state index contributed by atoms with van der Waals surface area (Å²) in [6, 6.07) is 14.0. The summed E-state index contributed by atoms with van der Waals surface area (Å²) < 4.78 is 60.1. The molecule has 26 heavy (non-hydrogen) atoms. The Morgan fingerprint density at radius 3 is 2.42 bits per heavy atom. The Hall–Kier alpha value is -2.27. The lowest BCUT2D eigenvalue weighted by Gasteiger charge is -2.29. The van der Waals surface area contributed by atoms with Crippen LogP contribution in [0.4, 0.5) is 13.2 Å². The lowest BCUT2D eigenvalue weighted by atomic mass is 10.0. The lowest BCUT2D eigenvalue weighted by Crippen LogP contribution is -2.28. The Labute approximate surface area is 148 Å². The number of carbonyl (C=O) groups excluding carboxylic acids is 1. The van der Waals surface area contributed by atoms with Crippen LogP contribution < -0.4 is 9.83 Å². The van der Waals surface area contributed by atoms with Crippen LogP contribution in [-0.4, -0.2) is 24.9 Å². The summed E-state index contributed by atoms with van der Waals surface area (Å²) in [5.74, 6) is -1.65. The predicted molar refractivity (Wildman–Crippen MR) is 90.8 cm³/mol. The third kappa shape index (κ3) is 3.78. The molecule has 0 N–H and O–H groups in total. The first-order valence-electron chi connectivity index (χ1n) is 7.91. The molecule has 0 fully saturated rings. The number of fused-ring (bicyclic) bond motifs is 3. The van der Waals surface area contributed by atoms with Gasteiger partial charge < -0.3 is 9.26 Å². The fourth-order valence-electron chi connectivity index (χ4n) is 2.84. The molecule has 3 rings (SSSR count). The van der Waals surface area contributed by atoms with E-state index < -0.39 is 32.0 Å². The van der Waals surface area contributed by atoms with Gasteiger partial charge in [0.05, 0.1) is 17.4 Å². The van der Waals surface area contributed by atoms with Crippen LogP contribution in [0.3, 0.4) is 0 Å². The summed E-state index contributed by atoms with van der Waals surface area (Å²) in [7, 11) is -3.49. The highest BCUT2D eigenvalue weighted by Gasteiger charge is 2.39.